The molecule has 1 rings (SSSR count). The first kappa shape index (κ1) is 14.0. The molecule has 0 aliphatic carbocycles. The first-order valence-electron chi connectivity index (χ1n) is 4.76. The standard InChI is InChI=1S/C11H10BrF3O2/c1-6-2-3-7(4-9(6)12)8(5-10(16)17)11(13,14)15/h2-4,8H,5H2,1H3,(H,16,17). The van der Waals surface area contributed by atoms with Crippen molar-refractivity contribution < 1.29 is 23.1 Å². The number of carboxylic acids is 1. The number of hydrogen-bond acceptors (Lipinski definition) is 1. The quantitative estimate of drug-likeness (QED) is 0.920. The van der Waals surface area contributed by atoms with E-state index in [1.54, 1.807) is 6.92 Å². The summed E-state index contributed by atoms with van der Waals surface area (Å²) in [6.07, 6.45) is -5.52. The Bertz CT molecular complexity index is 429. The molecule has 0 saturated carbocycles. The molecule has 2 nitrogen and oxygen atoms in total. The minimum Gasteiger partial charge on any atom is -0.481 e. The zero-order chi connectivity index (χ0) is 13.2. The van der Waals surface area contributed by atoms with Crippen LogP contribution in [0.1, 0.15) is 23.5 Å². The normalized spacial score (nSPS) is 13.5. The van der Waals surface area contributed by atoms with Crippen LogP contribution in [0.25, 0.3) is 0 Å². The van der Waals surface area contributed by atoms with Crippen LogP contribution in [0.4, 0.5) is 13.2 Å². The van der Waals surface area contributed by atoms with Crippen molar-refractivity contribution in [1.29, 1.82) is 0 Å². The third-order valence-corrected chi connectivity index (χ3v) is 3.23. The Kier molecular flexibility index (Phi) is 4.19. The molecule has 6 heteroatoms. The number of halogens is 4. The number of carboxylic acid groups (broad SMARTS) is 1. The van der Waals surface area contributed by atoms with E-state index < -0.39 is 24.5 Å². The molecule has 1 aromatic rings. The summed E-state index contributed by atoms with van der Waals surface area (Å²) < 4.78 is 38.7. The average molecular weight is 311 g/mol. The van der Waals surface area contributed by atoms with Gasteiger partial charge in [-0.25, -0.2) is 0 Å². The number of hydrogen-bond donors (Lipinski definition) is 1. The van der Waals surface area contributed by atoms with Gasteiger partial charge in [0.2, 0.25) is 0 Å². The van der Waals surface area contributed by atoms with Crippen molar-refractivity contribution >= 4 is 21.9 Å². The summed E-state index contributed by atoms with van der Waals surface area (Å²) in [6, 6.07) is 4.15. The van der Waals surface area contributed by atoms with Gasteiger partial charge in [-0.3, -0.25) is 4.79 Å². The van der Waals surface area contributed by atoms with Crippen LogP contribution >= 0.6 is 15.9 Å². The second kappa shape index (κ2) is 5.08. The van der Waals surface area contributed by atoms with Gasteiger partial charge in [0.05, 0.1) is 12.3 Å². The highest BCUT2D eigenvalue weighted by atomic mass is 79.9. The van der Waals surface area contributed by atoms with Gasteiger partial charge in [-0.2, -0.15) is 13.2 Å². The molecule has 1 atom stereocenters. The van der Waals surface area contributed by atoms with Crippen LogP contribution in [0.3, 0.4) is 0 Å². The molecule has 0 radical (unpaired) electrons. The van der Waals surface area contributed by atoms with Crippen molar-refractivity contribution in [2.75, 3.05) is 0 Å². The molecule has 1 N–H and O–H groups in total. The minimum absolute atomic E-state index is 0.0441. The Morgan fingerprint density at radius 2 is 2.06 bits per heavy atom. The molecule has 0 aromatic heterocycles. The molecule has 94 valence electrons. The maximum absolute atomic E-state index is 12.7. The van der Waals surface area contributed by atoms with Gasteiger partial charge in [0.25, 0.3) is 0 Å². The van der Waals surface area contributed by atoms with E-state index >= 15 is 0 Å². The van der Waals surface area contributed by atoms with Crippen LogP contribution in [0.15, 0.2) is 22.7 Å². The first-order chi connectivity index (χ1) is 7.71. The predicted octanol–water partition coefficient (Wildman–Crippen LogP) is 3.88. The van der Waals surface area contributed by atoms with Crippen LogP contribution in [0, 0.1) is 6.92 Å². The van der Waals surface area contributed by atoms with Crippen LogP contribution in [0.5, 0.6) is 0 Å². The fourth-order valence-electron chi connectivity index (χ4n) is 1.42. The Hall–Kier alpha value is -1.04. The summed E-state index contributed by atoms with van der Waals surface area (Å²) in [7, 11) is 0. The van der Waals surface area contributed by atoms with E-state index in [9.17, 15) is 18.0 Å². The van der Waals surface area contributed by atoms with Gasteiger partial charge in [0.15, 0.2) is 0 Å². The lowest BCUT2D eigenvalue weighted by Crippen LogP contribution is -2.23. The molecule has 1 unspecified atom stereocenters. The fraction of sp³-hybridized carbons (Fsp3) is 0.364. The van der Waals surface area contributed by atoms with Gasteiger partial charge in [0, 0.05) is 4.47 Å². The van der Waals surface area contributed by atoms with E-state index in [4.69, 9.17) is 5.11 Å². The Morgan fingerprint density at radius 3 is 2.47 bits per heavy atom. The third-order valence-electron chi connectivity index (χ3n) is 2.37. The maximum Gasteiger partial charge on any atom is 0.396 e. The van der Waals surface area contributed by atoms with E-state index in [-0.39, 0.29) is 5.56 Å². The summed E-state index contributed by atoms with van der Waals surface area (Å²) >= 11 is 3.13. The zero-order valence-corrected chi connectivity index (χ0v) is 10.5. The monoisotopic (exact) mass is 310 g/mol. The van der Waals surface area contributed by atoms with Crippen molar-refractivity contribution in [1.82, 2.24) is 0 Å². The number of aliphatic carboxylic acids is 1. The van der Waals surface area contributed by atoms with Crippen LogP contribution < -0.4 is 0 Å². The molecule has 0 heterocycles. The SMILES string of the molecule is Cc1ccc(C(CC(=O)O)C(F)(F)F)cc1Br. The summed E-state index contributed by atoms with van der Waals surface area (Å²) in [5.41, 5.74) is 0.752. The van der Waals surface area contributed by atoms with Gasteiger partial charge in [0.1, 0.15) is 0 Å². The Labute approximate surface area is 105 Å². The Morgan fingerprint density at radius 1 is 1.47 bits per heavy atom. The van der Waals surface area contributed by atoms with E-state index in [0.717, 1.165) is 5.56 Å². The number of aryl methyl sites for hydroxylation is 1. The topological polar surface area (TPSA) is 37.3 Å². The third kappa shape index (κ3) is 3.73. The lowest BCUT2D eigenvalue weighted by atomic mass is 9.94. The number of benzene rings is 1. The lowest BCUT2D eigenvalue weighted by molar-refractivity contribution is -0.163. The average Bonchev–Trinajstić information content (AvgIpc) is 2.17. The van der Waals surface area contributed by atoms with Crippen molar-refractivity contribution in [2.45, 2.75) is 25.4 Å². The molecular formula is C11H10BrF3O2. The largest absolute Gasteiger partial charge is 0.481 e. The molecule has 1 aromatic carbocycles. The smallest absolute Gasteiger partial charge is 0.396 e. The highest BCUT2D eigenvalue weighted by Gasteiger charge is 2.42. The molecule has 0 fully saturated rings. The minimum atomic E-state index is -4.56. The van der Waals surface area contributed by atoms with Crippen LogP contribution in [-0.2, 0) is 4.79 Å². The summed E-state index contributed by atoms with van der Waals surface area (Å²) in [5.74, 6) is -3.44. The summed E-state index contributed by atoms with van der Waals surface area (Å²) in [6.45, 7) is 1.74. The van der Waals surface area contributed by atoms with Gasteiger partial charge in [-0.05, 0) is 24.1 Å². The number of carbonyl (C=O) groups is 1. The van der Waals surface area contributed by atoms with Crippen molar-refractivity contribution in [3.8, 4) is 0 Å². The molecule has 0 saturated heterocycles. The second-order valence-corrected chi connectivity index (χ2v) is 4.56. The van der Waals surface area contributed by atoms with E-state index in [2.05, 4.69) is 15.9 Å². The lowest BCUT2D eigenvalue weighted by Gasteiger charge is -2.19. The first-order valence-corrected chi connectivity index (χ1v) is 5.55. The van der Waals surface area contributed by atoms with Gasteiger partial charge in [-0.1, -0.05) is 28.1 Å². The van der Waals surface area contributed by atoms with Crippen LogP contribution in [-0.4, -0.2) is 17.3 Å². The van der Waals surface area contributed by atoms with E-state index in [1.807, 2.05) is 0 Å². The molecule has 0 amide bonds. The summed E-state index contributed by atoms with van der Waals surface area (Å²) in [5, 5.41) is 8.52. The highest BCUT2D eigenvalue weighted by Crippen LogP contribution is 2.38. The Balaban J connectivity index is 3.13. The number of alkyl halides is 3. The van der Waals surface area contributed by atoms with Crippen molar-refractivity contribution in [3.05, 3.63) is 33.8 Å². The molecule has 0 aliphatic rings. The van der Waals surface area contributed by atoms with Crippen molar-refractivity contribution in [3.63, 3.8) is 0 Å². The van der Waals surface area contributed by atoms with Crippen molar-refractivity contribution in [2.24, 2.45) is 0 Å². The zero-order valence-electron chi connectivity index (χ0n) is 8.88. The summed E-state index contributed by atoms with van der Waals surface area (Å²) in [4.78, 5) is 10.5. The van der Waals surface area contributed by atoms with E-state index in [0.29, 0.717) is 4.47 Å². The molecule has 0 bridgehead atoms. The van der Waals surface area contributed by atoms with Crippen LogP contribution in [0.2, 0.25) is 0 Å². The van der Waals surface area contributed by atoms with Gasteiger partial charge in [-0.15, -0.1) is 0 Å². The number of rotatable bonds is 3. The highest BCUT2D eigenvalue weighted by molar-refractivity contribution is 9.10. The second-order valence-electron chi connectivity index (χ2n) is 3.70. The fourth-order valence-corrected chi connectivity index (χ4v) is 1.82. The molecule has 0 aliphatic heterocycles. The van der Waals surface area contributed by atoms with Gasteiger partial charge < -0.3 is 5.11 Å². The predicted molar refractivity (Wildman–Crippen MR) is 59.9 cm³/mol. The molecular weight excluding hydrogens is 301 g/mol. The van der Waals surface area contributed by atoms with Gasteiger partial charge >= 0.3 is 12.1 Å². The molecule has 0 spiro atoms. The van der Waals surface area contributed by atoms with E-state index in [1.165, 1.54) is 18.2 Å². The maximum atomic E-state index is 12.7. The molecule has 17 heavy (non-hydrogen) atoms.